The Hall–Kier alpha value is -2.68. The number of alkyl halides is 3. The lowest BCUT2D eigenvalue weighted by Gasteiger charge is -2.38. The van der Waals surface area contributed by atoms with Crippen molar-refractivity contribution in [3.8, 4) is 0 Å². The number of hydrogen-bond acceptors (Lipinski definition) is 5. The van der Waals surface area contributed by atoms with Gasteiger partial charge in [0.25, 0.3) is 0 Å². The average molecular weight is 434 g/mol. The lowest BCUT2D eigenvalue weighted by atomic mass is 9.80. The van der Waals surface area contributed by atoms with Crippen molar-refractivity contribution < 1.29 is 18.0 Å². The monoisotopic (exact) mass is 434 g/mol. The molecule has 5 nitrogen and oxygen atoms in total. The molecule has 1 aromatic heterocycles. The zero-order valence-electron chi connectivity index (χ0n) is 16.6. The van der Waals surface area contributed by atoms with Crippen LogP contribution >= 0.6 is 11.3 Å². The number of benzene rings is 2. The number of anilines is 1. The minimum atomic E-state index is -4.49. The van der Waals surface area contributed by atoms with E-state index < -0.39 is 16.6 Å². The minimum Gasteiger partial charge on any atom is -0.343 e. The predicted octanol–water partition coefficient (Wildman–Crippen LogP) is 4.34. The third kappa shape index (κ3) is 3.74. The number of amides is 1. The summed E-state index contributed by atoms with van der Waals surface area (Å²) in [4.78, 5) is 16.9. The van der Waals surface area contributed by atoms with Gasteiger partial charge in [0.05, 0.1) is 5.41 Å². The van der Waals surface area contributed by atoms with Gasteiger partial charge in [-0.25, -0.2) is 0 Å². The molecule has 1 saturated heterocycles. The van der Waals surface area contributed by atoms with Gasteiger partial charge in [-0.2, -0.15) is 13.2 Å². The molecule has 0 radical (unpaired) electrons. The van der Waals surface area contributed by atoms with E-state index in [0.717, 1.165) is 16.3 Å². The molecule has 0 N–H and O–H groups in total. The molecule has 1 fully saturated rings. The summed E-state index contributed by atoms with van der Waals surface area (Å²) in [6, 6.07) is 13.9. The summed E-state index contributed by atoms with van der Waals surface area (Å²) >= 11 is 0.535. The van der Waals surface area contributed by atoms with Gasteiger partial charge in [0.15, 0.2) is 0 Å². The fourth-order valence-electron chi connectivity index (χ4n) is 3.84. The fourth-order valence-corrected chi connectivity index (χ4v) is 4.60. The highest BCUT2D eigenvalue weighted by Gasteiger charge is 2.38. The number of hydrogen-bond donors (Lipinski definition) is 0. The van der Waals surface area contributed by atoms with Crippen molar-refractivity contribution in [1.29, 1.82) is 0 Å². The van der Waals surface area contributed by atoms with E-state index in [-0.39, 0.29) is 11.0 Å². The van der Waals surface area contributed by atoms with E-state index in [2.05, 4.69) is 10.2 Å². The highest BCUT2D eigenvalue weighted by molar-refractivity contribution is 7.15. The van der Waals surface area contributed by atoms with E-state index in [1.54, 1.807) is 9.80 Å². The number of nitrogens with zero attached hydrogens (tertiary/aromatic N) is 4. The summed E-state index contributed by atoms with van der Waals surface area (Å²) in [7, 11) is 0. The molecule has 158 valence electrons. The van der Waals surface area contributed by atoms with Crippen LogP contribution in [0, 0.1) is 0 Å². The highest BCUT2D eigenvalue weighted by atomic mass is 32.1. The van der Waals surface area contributed by atoms with Crippen molar-refractivity contribution in [2.45, 2.75) is 25.4 Å². The Labute approximate surface area is 176 Å². The van der Waals surface area contributed by atoms with Crippen LogP contribution in [0.15, 0.2) is 42.5 Å². The Kier molecular flexibility index (Phi) is 5.17. The van der Waals surface area contributed by atoms with Crippen LogP contribution in [0.5, 0.6) is 0 Å². The molecule has 2 heterocycles. The van der Waals surface area contributed by atoms with E-state index in [1.165, 1.54) is 0 Å². The standard InChI is InChI=1S/C21H21F3N4OS/c1-20(2,16-9-5-7-14-6-3-4-8-15(14)16)18(29)27-10-12-28(13-11-27)19-26-25-17(30-19)21(22,23)24/h3-9H,10-13H2,1-2H3. The third-order valence-corrected chi connectivity index (χ3v) is 6.52. The van der Waals surface area contributed by atoms with E-state index in [4.69, 9.17) is 0 Å². The van der Waals surface area contributed by atoms with E-state index in [1.807, 2.05) is 56.3 Å². The fraction of sp³-hybridized carbons (Fsp3) is 0.381. The molecule has 0 unspecified atom stereocenters. The number of rotatable bonds is 3. The molecule has 3 aromatic rings. The van der Waals surface area contributed by atoms with Gasteiger partial charge < -0.3 is 9.80 Å². The SMILES string of the molecule is CC(C)(C(=O)N1CCN(c2nnc(C(F)(F)F)s2)CC1)c1cccc2ccccc12. The molecular formula is C21H21F3N4OS. The van der Waals surface area contributed by atoms with Crippen LogP contribution in [-0.2, 0) is 16.4 Å². The molecule has 0 aliphatic carbocycles. The van der Waals surface area contributed by atoms with Crippen LogP contribution < -0.4 is 4.90 Å². The largest absolute Gasteiger partial charge is 0.445 e. The van der Waals surface area contributed by atoms with Crippen molar-refractivity contribution in [2.24, 2.45) is 0 Å². The predicted molar refractivity (Wildman–Crippen MR) is 111 cm³/mol. The van der Waals surface area contributed by atoms with Crippen LogP contribution in [0.4, 0.5) is 18.3 Å². The first-order valence-electron chi connectivity index (χ1n) is 9.61. The smallest absolute Gasteiger partial charge is 0.343 e. The van der Waals surface area contributed by atoms with E-state index >= 15 is 0 Å². The number of halogens is 3. The maximum Gasteiger partial charge on any atom is 0.445 e. The number of carbonyl (C=O) groups excluding carboxylic acids is 1. The minimum absolute atomic E-state index is 0.00625. The molecule has 4 rings (SSSR count). The Balaban J connectivity index is 1.49. The summed E-state index contributed by atoms with van der Waals surface area (Å²) in [6.07, 6.45) is -4.49. The topological polar surface area (TPSA) is 49.3 Å². The second kappa shape index (κ2) is 7.54. The summed E-state index contributed by atoms with van der Waals surface area (Å²) in [5.74, 6) is 0.00625. The molecule has 0 atom stereocenters. The van der Waals surface area contributed by atoms with Gasteiger partial charge in [-0.3, -0.25) is 4.79 Å². The van der Waals surface area contributed by atoms with Crippen LogP contribution in [0.25, 0.3) is 10.8 Å². The zero-order valence-corrected chi connectivity index (χ0v) is 17.4. The summed E-state index contributed by atoms with van der Waals surface area (Å²) in [6.45, 7) is 5.53. The quantitative estimate of drug-likeness (QED) is 0.616. The maximum atomic E-state index is 13.4. The van der Waals surface area contributed by atoms with Crippen molar-refractivity contribution in [1.82, 2.24) is 15.1 Å². The van der Waals surface area contributed by atoms with Crippen molar-refractivity contribution >= 4 is 33.1 Å². The first-order chi connectivity index (χ1) is 14.2. The maximum absolute atomic E-state index is 13.4. The number of carbonyl (C=O) groups is 1. The second-order valence-electron chi connectivity index (χ2n) is 7.82. The Morgan fingerprint density at radius 2 is 1.63 bits per heavy atom. The number of piperazine rings is 1. The first kappa shape index (κ1) is 20.6. The average Bonchev–Trinajstić information content (AvgIpc) is 3.24. The second-order valence-corrected chi connectivity index (χ2v) is 8.77. The van der Waals surface area contributed by atoms with Gasteiger partial charge in [-0.1, -0.05) is 53.8 Å². The van der Waals surface area contributed by atoms with Gasteiger partial charge in [-0.15, -0.1) is 10.2 Å². The van der Waals surface area contributed by atoms with Gasteiger partial charge in [0.1, 0.15) is 0 Å². The van der Waals surface area contributed by atoms with Gasteiger partial charge >= 0.3 is 6.18 Å². The lowest BCUT2D eigenvalue weighted by Crippen LogP contribution is -2.53. The van der Waals surface area contributed by atoms with Gasteiger partial charge in [-0.05, 0) is 30.2 Å². The van der Waals surface area contributed by atoms with E-state index in [9.17, 15) is 18.0 Å². The van der Waals surface area contributed by atoms with Crippen LogP contribution in [0.1, 0.15) is 24.4 Å². The molecule has 2 aromatic carbocycles. The highest BCUT2D eigenvalue weighted by Crippen LogP contribution is 2.35. The molecule has 1 amide bonds. The molecule has 0 saturated carbocycles. The zero-order chi connectivity index (χ0) is 21.5. The van der Waals surface area contributed by atoms with Crippen LogP contribution in [0.2, 0.25) is 0 Å². The first-order valence-corrected chi connectivity index (χ1v) is 10.4. The molecule has 0 bridgehead atoms. The Morgan fingerprint density at radius 1 is 0.967 bits per heavy atom. The lowest BCUT2D eigenvalue weighted by molar-refractivity contribution is -0.138. The molecule has 30 heavy (non-hydrogen) atoms. The molecule has 9 heteroatoms. The van der Waals surface area contributed by atoms with Crippen LogP contribution in [0.3, 0.4) is 0 Å². The molecule has 1 aliphatic rings. The van der Waals surface area contributed by atoms with E-state index in [0.29, 0.717) is 37.5 Å². The molecular weight excluding hydrogens is 413 g/mol. The number of fused-ring (bicyclic) bond motifs is 1. The Morgan fingerprint density at radius 3 is 2.30 bits per heavy atom. The van der Waals surface area contributed by atoms with Crippen LogP contribution in [-0.4, -0.2) is 47.2 Å². The van der Waals surface area contributed by atoms with Crippen molar-refractivity contribution in [2.75, 3.05) is 31.1 Å². The van der Waals surface area contributed by atoms with Crippen molar-refractivity contribution in [3.63, 3.8) is 0 Å². The third-order valence-electron chi connectivity index (χ3n) is 5.49. The molecule has 0 spiro atoms. The number of aromatic nitrogens is 2. The van der Waals surface area contributed by atoms with Crippen molar-refractivity contribution in [3.05, 3.63) is 53.0 Å². The summed E-state index contributed by atoms with van der Waals surface area (Å²) < 4.78 is 38.3. The Bertz CT molecular complexity index is 1070. The summed E-state index contributed by atoms with van der Waals surface area (Å²) in [5.41, 5.74) is 0.238. The van der Waals surface area contributed by atoms with Gasteiger partial charge in [0, 0.05) is 26.2 Å². The summed E-state index contributed by atoms with van der Waals surface area (Å²) in [5, 5.41) is 8.34. The van der Waals surface area contributed by atoms with Gasteiger partial charge in [0.2, 0.25) is 16.0 Å². The molecule has 1 aliphatic heterocycles. The normalized spacial score (nSPS) is 15.6.